The quantitative estimate of drug-likeness (QED) is 0.0655. The molecule has 1 amide bonds. The molecule has 0 aliphatic carbocycles. The van der Waals surface area contributed by atoms with E-state index in [9.17, 15) is 9.59 Å². The average molecular weight is 733 g/mol. The minimum atomic E-state index is -1.65. The molecule has 11 heteroatoms. The molecule has 1 heterocycles. The van der Waals surface area contributed by atoms with E-state index >= 15 is 0 Å². The van der Waals surface area contributed by atoms with Gasteiger partial charge in [-0.05, 0) is 74.7 Å². The fraction of sp³-hybridized carbons (Fsp3) is 0.325. The largest absolute Gasteiger partial charge is 0.494 e. The van der Waals surface area contributed by atoms with Gasteiger partial charge in [-0.2, -0.15) is 0 Å². The van der Waals surface area contributed by atoms with E-state index < -0.39 is 29.1 Å². The second kappa shape index (κ2) is 17.2. The lowest BCUT2D eigenvalue weighted by atomic mass is 9.83. The second-order valence-corrected chi connectivity index (χ2v) is 14.1. The summed E-state index contributed by atoms with van der Waals surface area (Å²) in [7, 11) is 0. The number of benzene rings is 4. The molecular formula is C40H43Cl2N3O6. The maximum Gasteiger partial charge on any atom is 0.306 e. The summed E-state index contributed by atoms with van der Waals surface area (Å²) in [5.41, 5.74) is 6.92. The summed E-state index contributed by atoms with van der Waals surface area (Å²) in [5.74, 6) is -0.277. The van der Waals surface area contributed by atoms with Gasteiger partial charge in [-0.3, -0.25) is 15.0 Å². The molecule has 1 aliphatic heterocycles. The number of carbonyl (C=O) groups excluding carboxylic acids is 2. The van der Waals surface area contributed by atoms with Gasteiger partial charge >= 0.3 is 5.97 Å². The van der Waals surface area contributed by atoms with Crippen molar-refractivity contribution in [2.24, 2.45) is 4.99 Å². The Hall–Kier alpha value is -4.41. The second-order valence-electron chi connectivity index (χ2n) is 13.3. The van der Waals surface area contributed by atoms with Crippen LogP contribution in [-0.4, -0.2) is 53.8 Å². The monoisotopic (exact) mass is 731 g/mol. The van der Waals surface area contributed by atoms with E-state index in [0.717, 1.165) is 11.1 Å². The number of rotatable bonds is 15. The predicted molar refractivity (Wildman–Crippen MR) is 199 cm³/mol. The third-order valence-corrected chi connectivity index (χ3v) is 8.88. The number of aliphatic hydroxyl groups is 1. The molecule has 0 spiro atoms. The first-order chi connectivity index (χ1) is 24.5. The minimum Gasteiger partial charge on any atom is -0.494 e. The fourth-order valence-corrected chi connectivity index (χ4v) is 6.39. The van der Waals surface area contributed by atoms with E-state index in [1.54, 1.807) is 63.2 Å². The Kier molecular flexibility index (Phi) is 12.8. The summed E-state index contributed by atoms with van der Waals surface area (Å²) in [6, 6.07) is 32.1. The number of esters is 1. The highest BCUT2D eigenvalue weighted by molar-refractivity contribution is 6.35. The van der Waals surface area contributed by atoms with Gasteiger partial charge in [0.1, 0.15) is 11.4 Å². The van der Waals surface area contributed by atoms with Crippen LogP contribution in [0.25, 0.3) is 0 Å². The maximum absolute atomic E-state index is 14.6. The molecule has 4 aromatic carbocycles. The summed E-state index contributed by atoms with van der Waals surface area (Å²) < 4.78 is 17.9. The zero-order chi connectivity index (χ0) is 36.4. The van der Waals surface area contributed by atoms with Crippen molar-refractivity contribution in [2.75, 3.05) is 19.8 Å². The Morgan fingerprint density at radius 1 is 0.941 bits per heavy atom. The van der Waals surface area contributed by atoms with Crippen LogP contribution < -0.4 is 15.6 Å². The van der Waals surface area contributed by atoms with Crippen molar-refractivity contribution in [1.29, 1.82) is 0 Å². The van der Waals surface area contributed by atoms with Gasteiger partial charge in [0.2, 0.25) is 5.90 Å². The van der Waals surface area contributed by atoms with Crippen molar-refractivity contribution in [3.8, 4) is 5.75 Å². The van der Waals surface area contributed by atoms with E-state index in [1.165, 1.54) is 0 Å². The Morgan fingerprint density at radius 3 is 2.18 bits per heavy atom. The van der Waals surface area contributed by atoms with Gasteiger partial charge in [-0.15, -0.1) is 0 Å². The van der Waals surface area contributed by atoms with E-state index in [2.05, 4.69) is 10.9 Å². The number of hydrazine groups is 1. The number of aliphatic imine (C=N–C) groups is 1. The highest BCUT2D eigenvalue weighted by atomic mass is 35.5. The van der Waals surface area contributed by atoms with Crippen LogP contribution in [-0.2, 0) is 19.1 Å². The Morgan fingerprint density at radius 2 is 1.59 bits per heavy atom. The van der Waals surface area contributed by atoms with Gasteiger partial charge in [0, 0.05) is 53.1 Å². The molecule has 0 aromatic heterocycles. The van der Waals surface area contributed by atoms with E-state index in [-0.39, 0.29) is 36.3 Å². The van der Waals surface area contributed by atoms with Crippen LogP contribution in [0.2, 0.25) is 10.0 Å². The number of aliphatic hydroxyl groups excluding tert-OH is 1. The number of carbonyl (C=O) groups is 2. The third-order valence-electron chi connectivity index (χ3n) is 8.32. The van der Waals surface area contributed by atoms with Crippen molar-refractivity contribution in [3.63, 3.8) is 0 Å². The van der Waals surface area contributed by atoms with E-state index in [0.29, 0.717) is 41.5 Å². The molecule has 268 valence electrons. The summed E-state index contributed by atoms with van der Waals surface area (Å²) >= 11 is 13.0. The summed E-state index contributed by atoms with van der Waals surface area (Å²) in [6.07, 6.45) is -0.699. The van der Waals surface area contributed by atoms with E-state index in [4.69, 9.17) is 47.5 Å². The molecule has 0 bridgehead atoms. The average Bonchev–Trinajstić information content (AvgIpc) is 3.50. The molecule has 0 radical (unpaired) electrons. The van der Waals surface area contributed by atoms with Gasteiger partial charge in [0.15, 0.2) is 11.6 Å². The van der Waals surface area contributed by atoms with Gasteiger partial charge in [0.25, 0.3) is 5.91 Å². The number of hydrogen-bond acceptors (Lipinski definition) is 8. The van der Waals surface area contributed by atoms with Crippen LogP contribution in [0.1, 0.15) is 74.3 Å². The van der Waals surface area contributed by atoms with Crippen LogP contribution >= 0.6 is 23.2 Å². The normalized spacial score (nSPS) is 17.1. The number of nitrogens with zero attached hydrogens (tertiary/aromatic N) is 1. The lowest BCUT2D eigenvalue weighted by Crippen LogP contribution is -2.53. The molecule has 4 aromatic rings. The topological polar surface area (TPSA) is 118 Å². The van der Waals surface area contributed by atoms with Crippen molar-refractivity contribution in [2.45, 2.75) is 63.2 Å². The summed E-state index contributed by atoms with van der Waals surface area (Å²) in [4.78, 5) is 32.7. The number of halogens is 2. The van der Waals surface area contributed by atoms with Crippen LogP contribution in [0.3, 0.4) is 0 Å². The lowest BCUT2D eigenvalue weighted by molar-refractivity contribution is -0.155. The summed E-state index contributed by atoms with van der Waals surface area (Å²) in [6.45, 7) is 6.11. The van der Waals surface area contributed by atoms with Crippen molar-refractivity contribution in [1.82, 2.24) is 10.9 Å². The van der Waals surface area contributed by atoms with Crippen LogP contribution in [0.5, 0.6) is 5.75 Å². The lowest BCUT2D eigenvalue weighted by Gasteiger charge is -2.31. The molecule has 1 aliphatic rings. The molecule has 3 N–H and O–H groups in total. The predicted octanol–water partition coefficient (Wildman–Crippen LogP) is 7.59. The van der Waals surface area contributed by atoms with Crippen molar-refractivity contribution < 1.29 is 28.9 Å². The first kappa shape index (κ1) is 37.8. The molecule has 0 unspecified atom stereocenters. The summed E-state index contributed by atoms with van der Waals surface area (Å²) in [5, 5.41) is 9.80. The Labute approximate surface area is 308 Å². The molecule has 0 saturated heterocycles. The number of ether oxygens (including phenoxy) is 3. The van der Waals surface area contributed by atoms with Gasteiger partial charge in [0.05, 0.1) is 6.61 Å². The molecule has 9 nitrogen and oxygen atoms in total. The fourth-order valence-electron chi connectivity index (χ4n) is 5.89. The zero-order valence-electron chi connectivity index (χ0n) is 28.9. The van der Waals surface area contributed by atoms with Gasteiger partial charge in [-0.1, -0.05) is 89.9 Å². The molecule has 2 atom stereocenters. The number of nitrogens with one attached hydrogen (secondary N) is 2. The first-order valence-corrected chi connectivity index (χ1v) is 17.7. The standard InChI is InChI=1S/C40H43Cl2N3O6/c1-39(2,3)51-35(47)21-22-40(38(48)45-43-26-33(27-11-6-4-7-12-27)28-13-8-5-9-14-28)36(32-20-17-30(41)25-34(32)42)50-37(44-40)29-15-18-31(19-16-29)49-24-10-23-46/h4-9,11-20,25,33,36,43,46H,10,21-24,26H2,1-3H3,(H,45,48)/t36-,40-/m0/s1. The van der Waals surface area contributed by atoms with Crippen molar-refractivity contribution in [3.05, 3.63) is 135 Å². The first-order valence-electron chi connectivity index (χ1n) is 16.9. The van der Waals surface area contributed by atoms with Gasteiger partial charge in [-0.25, -0.2) is 10.4 Å². The van der Waals surface area contributed by atoms with Gasteiger partial charge < -0.3 is 19.3 Å². The molecular weight excluding hydrogens is 689 g/mol. The molecule has 51 heavy (non-hydrogen) atoms. The maximum atomic E-state index is 14.6. The number of hydrogen-bond donors (Lipinski definition) is 3. The smallest absolute Gasteiger partial charge is 0.306 e. The molecule has 0 fully saturated rings. The zero-order valence-corrected chi connectivity index (χ0v) is 30.4. The molecule has 5 rings (SSSR count). The van der Waals surface area contributed by atoms with Crippen LogP contribution in [0, 0.1) is 0 Å². The van der Waals surface area contributed by atoms with Crippen molar-refractivity contribution >= 4 is 41.0 Å². The highest BCUT2D eigenvalue weighted by Crippen LogP contribution is 2.45. The Balaban J connectivity index is 1.50. The Bertz CT molecular complexity index is 1760. The number of amides is 1. The van der Waals surface area contributed by atoms with Crippen LogP contribution in [0.4, 0.5) is 0 Å². The van der Waals surface area contributed by atoms with E-state index in [1.807, 2.05) is 60.7 Å². The third kappa shape index (κ3) is 9.89. The SMILES string of the molecule is CC(C)(C)OC(=O)CC[C@]1(C(=O)NNCC(c2ccccc2)c2ccccc2)N=C(c2ccc(OCCCO)cc2)O[C@H]1c1ccc(Cl)cc1Cl. The minimum absolute atomic E-state index is 0.0266. The molecule has 0 saturated carbocycles. The van der Waals surface area contributed by atoms with Crippen LogP contribution in [0.15, 0.2) is 108 Å². The highest BCUT2D eigenvalue weighted by Gasteiger charge is 2.54.